The van der Waals surface area contributed by atoms with E-state index in [4.69, 9.17) is 5.73 Å². The summed E-state index contributed by atoms with van der Waals surface area (Å²) in [5, 5.41) is 4.35. The molecule has 2 aromatic rings. The van der Waals surface area contributed by atoms with Gasteiger partial charge in [0.2, 0.25) is 5.91 Å². The Balaban J connectivity index is 1.98. The molecule has 0 aliphatic carbocycles. The van der Waals surface area contributed by atoms with Crippen molar-refractivity contribution in [2.24, 2.45) is 0 Å². The minimum absolute atomic E-state index is 0.0126. The third-order valence-corrected chi connectivity index (χ3v) is 4.70. The van der Waals surface area contributed by atoms with Crippen molar-refractivity contribution in [1.29, 1.82) is 0 Å². The van der Waals surface area contributed by atoms with Crippen LogP contribution in [-0.4, -0.2) is 16.1 Å². The Morgan fingerprint density at radius 2 is 2.30 bits per heavy atom. The van der Waals surface area contributed by atoms with Crippen LogP contribution in [0.4, 0.5) is 15.8 Å². The first-order chi connectivity index (χ1) is 9.45. The second kappa shape index (κ2) is 6.23. The summed E-state index contributed by atoms with van der Waals surface area (Å²) < 4.78 is 13.9. The summed E-state index contributed by atoms with van der Waals surface area (Å²) in [6.45, 7) is 3.70. The van der Waals surface area contributed by atoms with E-state index in [0.29, 0.717) is 5.69 Å². The number of amides is 1. The molecule has 0 saturated carbocycles. The molecule has 0 aliphatic heterocycles. The zero-order valence-corrected chi connectivity index (χ0v) is 12.6. The van der Waals surface area contributed by atoms with E-state index in [0.717, 1.165) is 10.0 Å². The fraction of sp³-hybridized carbons (Fsp3) is 0.231. The summed E-state index contributed by atoms with van der Waals surface area (Å²) in [4.78, 5) is 16.3. The zero-order chi connectivity index (χ0) is 14.7. The van der Waals surface area contributed by atoms with E-state index >= 15 is 0 Å². The number of carbonyl (C=O) groups is 1. The average molecular weight is 311 g/mol. The van der Waals surface area contributed by atoms with E-state index in [9.17, 15) is 9.18 Å². The Kier molecular flexibility index (Phi) is 4.61. The zero-order valence-electron chi connectivity index (χ0n) is 11.0. The summed E-state index contributed by atoms with van der Waals surface area (Å²) in [7, 11) is 0. The fourth-order valence-corrected chi connectivity index (χ4v) is 3.44. The molecule has 1 unspecified atom stereocenters. The second-order valence-corrected chi connectivity index (χ2v) is 6.69. The van der Waals surface area contributed by atoms with E-state index in [1.165, 1.54) is 41.3 Å². The van der Waals surface area contributed by atoms with Gasteiger partial charge in [0, 0.05) is 16.8 Å². The van der Waals surface area contributed by atoms with Crippen LogP contribution in [0.2, 0.25) is 0 Å². The van der Waals surface area contributed by atoms with Crippen molar-refractivity contribution in [2.75, 3.05) is 11.1 Å². The Morgan fingerprint density at radius 1 is 1.55 bits per heavy atom. The van der Waals surface area contributed by atoms with Crippen LogP contribution >= 0.6 is 23.1 Å². The highest BCUT2D eigenvalue weighted by atomic mass is 32.2. The molecule has 0 radical (unpaired) electrons. The summed E-state index contributed by atoms with van der Waals surface area (Å²) in [5.74, 6) is -0.669. The quantitative estimate of drug-likeness (QED) is 0.671. The monoisotopic (exact) mass is 311 g/mol. The highest BCUT2D eigenvalue weighted by molar-refractivity contribution is 8.02. The van der Waals surface area contributed by atoms with Crippen LogP contribution in [0, 0.1) is 12.7 Å². The van der Waals surface area contributed by atoms with Crippen LogP contribution < -0.4 is 11.1 Å². The molecule has 0 spiro atoms. The molecule has 4 nitrogen and oxygen atoms in total. The van der Waals surface area contributed by atoms with Crippen molar-refractivity contribution in [2.45, 2.75) is 23.4 Å². The van der Waals surface area contributed by atoms with Gasteiger partial charge in [-0.25, -0.2) is 9.37 Å². The Labute approximate surface area is 124 Å². The van der Waals surface area contributed by atoms with Gasteiger partial charge in [0.1, 0.15) is 5.82 Å². The molecule has 20 heavy (non-hydrogen) atoms. The van der Waals surface area contributed by atoms with Crippen LogP contribution in [0.3, 0.4) is 0 Å². The molecule has 7 heteroatoms. The van der Waals surface area contributed by atoms with Gasteiger partial charge in [-0.1, -0.05) is 11.8 Å². The van der Waals surface area contributed by atoms with Gasteiger partial charge in [-0.3, -0.25) is 4.79 Å². The van der Waals surface area contributed by atoms with Crippen molar-refractivity contribution in [3.63, 3.8) is 0 Å². The Morgan fingerprint density at radius 3 is 2.90 bits per heavy atom. The first-order valence-electron chi connectivity index (χ1n) is 5.90. The van der Waals surface area contributed by atoms with E-state index in [-0.39, 0.29) is 16.8 Å². The fourth-order valence-electron chi connectivity index (χ4n) is 1.46. The molecule has 0 aliphatic rings. The number of nitrogens with two attached hydrogens (primary N) is 1. The smallest absolute Gasteiger partial charge is 0.237 e. The van der Waals surface area contributed by atoms with Crippen LogP contribution in [0.5, 0.6) is 0 Å². The molecule has 1 heterocycles. The average Bonchev–Trinajstić information content (AvgIpc) is 2.79. The lowest BCUT2D eigenvalue weighted by Crippen LogP contribution is -2.22. The number of thiazole rings is 1. The van der Waals surface area contributed by atoms with Crippen LogP contribution in [0.1, 0.15) is 12.6 Å². The summed E-state index contributed by atoms with van der Waals surface area (Å²) in [5.41, 5.74) is 6.90. The molecule has 1 aromatic heterocycles. The van der Waals surface area contributed by atoms with Gasteiger partial charge in [-0.2, -0.15) is 0 Å². The van der Waals surface area contributed by atoms with Crippen LogP contribution in [-0.2, 0) is 4.79 Å². The first kappa shape index (κ1) is 14.8. The molecule has 0 fully saturated rings. The van der Waals surface area contributed by atoms with Gasteiger partial charge in [-0.05, 0) is 32.0 Å². The molecule has 1 atom stereocenters. The molecule has 106 valence electrons. The van der Waals surface area contributed by atoms with Crippen molar-refractivity contribution in [1.82, 2.24) is 4.98 Å². The lowest BCUT2D eigenvalue weighted by molar-refractivity contribution is -0.115. The normalized spacial score (nSPS) is 12.2. The van der Waals surface area contributed by atoms with E-state index in [1.807, 2.05) is 12.3 Å². The van der Waals surface area contributed by atoms with Gasteiger partial charge in [-0.15, -0.1) is 11.3 Å². The number of nitrogens with one attached hydrogen (secondary N) is 1. The van der Waals surface area contributed by atoms with E-state index in [2.05, 4.69) is 10.3 Å². The minimum atomic E-state index is -0.497. The van der Waals surface area contributed by atoms with Gasteiger partial charge in [0.25, 0.3) is 0 Å². The Hall–Kier alpha value is -1.60. The predicted octanol–water partition coefficient (Wildman–Crippen LogP) is 3.29. The molecule has 0 saturated heterocycles. The van der Waals surface area contributed by atoms with E-state index < -0.39 is 5.82 Å². The predicted molar refractivity (Wildman–Crippen MR) is 81.6 cm³/mol. The summed E-state index contributed by atoms with van der Waals surface area (Å²) in [6, 6.07) is 4.11. The third-order valence-electron chi connectivity index (χ3n) is 2.51. The highest BCUT2D eigenvalue weighted by Gasteiger charge is 2.16. The van der Waals surface area contributed by atoms with Crippen molar-refractivity contribution >= 4 is 40.4 Å². The lowest BCUT2D eigenvalue weighted by Gasteiger charge is -2.11. The largest absolute Gasteiger partial charge is 0.396 e. The number of carbonyl (C=O) groups excluding carboxylic acids is 1. The molecule has 2 rings (SSSR count). The minimum Gasteiger partial charge on any atom is -0.396 e. The second-order valence-electron chi connectivity index (χ2n) is 4.24. The number of hydrogen-bond donors (Lipinski definition) is 2. The highest BCUT2D eigenvalue weighted by Crippen LogP contribution is 2.27. The standard InChI is InChI=1S/C13H14FN3OS2/c1-7-6-19-13(16-7)20-8(2)12(18)17-9-3-4-10(14)11(15)5-9/h3-6,8H,15H2,1-2H3,(H,17,18). The maximum atomic E-state index is 13.0. The van der Waals surface area contributed by atoms with Crippen LogP contribution in [0.15, 0.2) is 27.9 Å². The van der Waals surface area contributed by atoms with Crippen molar-refractivity contribution < 1.29 is 9.18 Å². The van der Waals surface area contributed by atoms with E-state index in [1.54, 1.807) is 6.92 Å². The molecule has 0 bridgehead atoms. The van der Waals surface area contributed by atoms with Gasteiger partial charge < -0.3 is 11.1 Å². The number of aromatic nitrogens is 1. The molecular weight excluding hydrogens is 297 g/mol. The number of anilines is 2. The number of nitrogens with zero attached hydrogens (tertiary/aromatic N) is 1. The Bertz CT molecular complexity index is 630. The van der Waals surface area contributed by atoms with Gasteiger partial charge >= 0.3 is 0 Å². The van der Waals surface area contributed by atoms with Crippen molar-refractivity contribution in [3.05, 3.63) is 35.1 Å². The number of halogens is 1. The number of benzene rings is 1. The summed E-state index contributed by atoms with van der Waals surface area (Å²) in [6.07, 6.45) is 0. The molecule has 1 aromatic carbocycles. The molecule has 3 N–H and O–H groups in total. The van der Waals surface area contributed by atoms with Gasteiger partial charge in [0.05, 0.1) is 10.9 Å². The topological polar surface area (TPSA) is 68.0 Å². The number of thioether (sulfide) groups is 1. The third kappa shape index (κ3) is 3.71. The molecule has 1 amide bonds. The first-order valence-corrected chi connectivity index (χ1v) is 7.66. The maximum Gasteiger partial charge on any atom is 0.237 e. The lowest BCUT2D eigenvalue weighted by atomic mass is 10.2. The molecular formula is C13H14FN3OS2. The summed E-state index contributed by atoms with van der Waals surface area (Å²) >= 11 is 2.90. The SMILES string of the molecule is Cc1csc(SC(C)C(=O)Nc2ccc(F)c(N)c2)n1. The van der Waals surface area contributed by atoms with Crippen molar-refractivity contribution in [3.8, 4) is 0 Å². The number of aryl methyl sites for hydroxylation is 1. The van der Waals surface area contributed by atoms with Gasteiger partial charge in [0.15, 0.2) is 4.34 Å². The number of rotatable bonds is 4. The number of nitrogen functional groups attached to an aromatic ring is 1. The van der Waals surface area contributed by atoms with Crippen LogP contribution in [0.25, 0.3) is 0 Å². The maximum absolute atomic E-state index is 13.0. The number of hydrogen-bond acceptors (Lipinski definition) is 5.